The summed E-state index contributed by atoms with van der Waals surface area (Å²) in [6, 6.07) is 6.00. The van der Waals surface area contributed by atoms with Gasteiger partial charge >= 0.3 is 0 Å². The fourth-order valence-electron chi connectivity index (χ4n) is 3.34. The largest absolute Gasteiger partial charge is 0.481 e. The zero-order chi connectivity index (χ0) is 22.5. The molecular formula is C22H23FN6O3. The molecule has 1 aliphatic heterocycles. The number of amides is 1. The molecule has 1 atom stereocenters. The zero-order valence-corrected chi connectivity index (χ0v) is 17.8. The molecule has 4 rings (SSSR count). The van der Waals surface area contributed by atoms with Crippen LogP contribution >= 0.6 is 0 Å². The second-order valence-electron chi connectivity index (χ2n) is 7.41. The van der Waals surface area contributed by atoms with Crippen molar-refractivity contribution in [2.45, 2.75) is 6.10 Å². The molecule has 1 saturated heterocycles. The number of ether oxygens (including phenoxy) is 2. The van der Waals surface area contributed by atoms with Gasteiger partial charge in [-0.15, -0.1) is 0 Å². The van der Waals surface area contributed by atoms with E-state index in [1.54, 1.807) is 40.5 Å². The van der Waals surface area contributed by atoms with Crippen LogP contribution in [0.4, 0.5) is 10.3 Å². The number of halogens is 1. The molecule has 10 heteroatoms. The van der Waals surface area contributed by atoms with Crippen molar-refractivity contribution < 1.29 is 18.7 Å². The quantitative estimate of drug-likeness (QED) is 0.578. The summed E-state index contributed by atoms with van der Waals surface area (Å²) in [6.45, 7) is 0.761. The molecule has 1 aliphatic rings. The third-order valence-electron chi connectivity index (χ3n) is 4.99. The normalized spacial score (nSPS) is 16.0. The second kappa shape index (κ2) is 9.65. The summed E-state index contributed by atoms with van der Waals surface area (Å²) in [5.41, 5.74) is 2.13. The first-order valence-electron chi connectivity index (χ1n) is 10.1. The van der Waals surface area contributed by atoms with Crippen molar-refractivity contribution in [2.75, 3.05) is 45.3 Å². The van der Waals surface area contributed by atoms with Crippen LogP contribution in [0.1, 0.15) is 11.8 Å². The van der Waals surface area contributed by atoms with Gasteiger partial charge in [-0.05, 0) is 12.1 Å². The molecular weight excluding hydrogens is 415 g/mol. The van der Waals surface area contributed by atoms with Gasteiger partial charge in [-0.1, -0.05) is 12.1 Å². The van der Waals surface area contributed by atoms with Crippen LogP contribution in [0, 0.1) is 5.82 Å². The molecule has 0 N–H and O–H groups in total. The zero-order valence-electron chi connectivity index (χ0n) is 17.8. The molecule has 2 aromatic heterocycles. The van der Waals surface area contributed by atoms with E-state index in [-0.39, 0.29) is 24.8 Å². The number of morpholine rings is 1. The van der Waals surface area contributed by atoms with Gasteiger partial charge in [-0.3, -0.25) is 4.79 Å². The second-order valence-corrected chi connectivity index (χ2v) is 7.41. The third kappa shape index (κ3) is 4.80. The minimum absolute atomic E-state index is 0.0449. The van der Waals surface area contributed by atoms with Gasteiger partial charge in [-0.25, -0.2) is 24.3 Å². The van der Waals surface area contributed by atoms with Crippen molar-refractivity contribution in [3.05, 3.63) is 60.7 Å². The van der Waals surface area contributed by atoms with Gasteiger partial charge in [0.05, 0.1) is 18.8 Å². The topological polar surface area (TPSA) is 93.6 Å². The molecule has 166 valence electrons. The van der Waals surface area contributed by atoms with Crippen LogP contribution in [-0.4, -0.2) is 71.1 Å². The minimum Gasteiger partial charge on any atom is -0.481 e. The average Bonchev–Trinajstić information content (AvgIpc) is 2.83. The standard InChI is InChI=1S/C22H23FN6O3/c1-28(2)22-26-11-16(15-9-24-14-25-10-15)21(27-22)19-12-29(7-8-31-19)20(30)13-32-18-6-4-3-5-17(18)23/h3-6,9-11,14,19H,7-8,12-13H2,1-2H3. The molecule has 0 saturated carbocycles. The Labute approximate surface area is 184 Å². The first-order chi connectivity index (χ1) is 15.5. The number of carbonyl (C=O) groups is 1. The summed E-state index contributed by atoms with van der Waals surface area (Å²) < 4.78 is 25.1. The molecule has 0 radical (unpaired) electrons. The van der Waals surface area contributed by atoms with E-state index in [0.717, 1.165) is 11.1 Å². The Bertz CT molecular complexity index is 1080. The summed E-state index contributed by atoms with van der Waals surface area (Å²) in [6.07, 6.45) is 6.04. The van der Waals surface area contributed by atoms with Crippen LogP contribution in [0.15, 0.2) is 49.2 Å². The molecule has 0 bridgehead atoms. The van der Waals surface area contributed by atoms with Crippen molar-refractivity contribution in [2.24, 2.45) is 0 Å². The molecule has 1 unspecified atom stereocenters. The minimum atomic E-state index is -0.507. The molecule has 32 heavy (non-hydrogen) atoms. The highest BCUT2D eigenvalue weighted by Gasteiger charge is 2.29. The SMILES string of the molecule is CN(C)c1ncc(-c2cncnc2)c(C2CN(C(=O)COc3ccccc3F)CCO2)n1. The van der Waals surface area contributed by atoms with E-state index in [0.29, 0.717) is 24.8 Å². The van der Waals surface area contributed by atoms with Crippen LogP contribution < -0.4 is 9.64 Å². The lowest BCUT2D eigenvalue weighted by molar-refractivity contribution is -0.141. The predicted molar refractivity (Wildman–Crippen MR) is 115 cm³/mol. The highest BCUT2D eigenvalue weighted by Crippen LogP contribution is 2.31. The van der Waals surface area contributed by atoms with E-state index in [2.05, 4.69) is 19.9 Å². The van der Waals surface area contributed by atoms with Crippen molar-refractivity contribution in [3.63, 3.8) is 0 Å². The Morgan fingerprint density at radius 1 is 1.25 bits per heavy atom. The van der Waals surface area contributed by atoms with Gasteiger partial charge in [0.2, 0.25) is 5.95 Å². The number of rotatable bonds is 6. The Balaban J connectivity index is 1.54. The number of hydrogen-bond acceptors (Lipinski definition) is 8. The number of hydrogen-bond donors (Lipinski definition) is 0. The van der Waals surface area contributed by atoms with E-state index >= 15 is 0 Å². The summed E-state index contributed by atoms with van der Waals surface area (Å²) in [5.74, 6) is -0.195. The molecule has 3 heterocycles. The van der Waals surface area contributed by atoms with E-state index in [9.17, 15) is 9.18 Å². The number of para-hydroxylation sites is 1. The highest BCUT2D eigenvalue weighted by molar-refractivity contribution is 5.78. The average molecular weight is 438 g/mol. The lowest BCUT2D eigenvalue weighted by atomic mass is 10.0. The van der Waals surface area contributed by atoms with Crippen LogP contribution in [0.3, 0.4) is 0 Å². The molecule has 0 aliphatic carbocycles. The van der Waals surface area contributed by atoms with Gasteiger partial charge in [0.25, 0.3) is 5.91 Å². The Morgan fingerprint density at radius 3 is 2.78 bits per heavy atom. The van der Waals surface area contributed by atoms with Crippen LogP contribution in [-0.2, 0) is 9.53 Å². The smallest absolute Gasteiger partial charge is 0.260 e. The molecule has 1 aromatic carbocycles. The highest BCUT2D eigenvalue weighted by atomic mass is 19.1. The number of carbonyl (C=O) groups excluding carboxylic acids is 1. The third-order valence-corrected chi connectivity index (χ3v) is 4.99. The van der Waals surface area contributed by atoms with Crippen molar-refractivity contribution in [1.82, 2.24) is 24.8 Å². The fraction of sp³-hybridized carbons (Fsp3) is 0.318. The van der Waals surface area contributed by atoms with Crippen LogP contribution in [0.25, 0.3) is 11.1 Å². The summed E-state index contributed by atoms with van der Waals surface area (Å²) >= 11 is 0. The number of nitrogens with zero attached hydrogens (tertiary/aromatic N) is 6. The van der Waals surface area contributed by atoms with Gasteiger partial charge in [-0.2, -0.15) is 0 Å². The van der Waals surface area contributed by atoms with Crippen molar-refractivity contribution in [3.8, 4) is 16.9 Å². The van der Waals surface area contributed by atoms with E-state index in [4.69, 9.17) is 9.47 Å². The molecule has 1 fully saturated rings. The molecule has 9 nitrogen and oxygen atoms in total. The van der Waals surface area contributed by atoms with Crippen LogP contribution in [0.5, 0.6) is 5.75 Å². The number of benzene rings is 1. The molecule has 1 amide bonds. The Kier molecular flexibility index (Phi) is 6.50. The maximum atomic E-state index is 13.8. The van der Waals surface area contributed by atoms with Gasteiger partial charge in [0, 0.05) is 50.4 Å². The Morgan fingerprint density at radius 2 is 2.03 bits per heavy atom. The summed E-state index contributed by atoms with van der Waals surface area (Å²) in [5, 5.41) is 0. The maximum absolute atomic E-state index is 13.8. The van der Waals surface area contributed by atoms with Crippen LogP contribution in [0.2, 0.25) is 0 Å². The lowest BCUT2D eigenvalue weighted by Crippen LogP contribution is -2.44. The first kappa shape index (κ1) is 21.6. The molecule has 0 spiro atoms. The van der Waals surface area contributed by atoms with Gasteiger partial charge in [0.15, 0.2) is 18.2 Å². The van der Waals surface area contributed by atoms with Gasteiger partial charge < -0.3 is 19.3 Å². The van der Waals surface area contributed by atoms with E-state index < -0.39 is 11.9 Å². The maximum Gasteiger partial charge on any atom is 0.260 e. The van der Waals surface area contributed by atoms with E-state index in [1.807, 2.05) is 14.1 Å². The van der Waals surface area contributed by atoms with E-state index in [1.165, 1.54) is 18.5 Å². The Hall–Kier alpha value is -3.66. The lowest BCUT2D eigenvalue weighted by Gasteiger charge is -2.33. The summed E-state index contributed by atoms with van der Waals surface area (Å²) in [7, 11) is 3.70. The number of anilines is 1. The number of aromatic nitrogens is 4. The summed E-state index contributed by atoms with van der Waals surface area (Å²) in [4.78, 5) is 33.4. The monoisotopic (exact) mass is 438 g/mol. The van der Waals surface area contributed by atoms with Gasteiger partial charge in [0.1, 0.15) is 12.4 Å². The fourth-order valence-corrected chi connectivity index (χ4v) is 3.34. The van der Waals surface area contributed by atoms with Crippen molar-refractivity contribution in [1.29, 1.82) is 0 Å². The van der Waals surface area contributed by atoms with Crippen molar-refractivity contribution >= 4 is 11.9 Å². The molecule has 3 aromatic rings. The first-order valence-corrected chi connectivity index (χ1v) is 10.1. The predicted octanol–water partition coefficient (Wildman–Crippen LogP) is 2.12.